The van der Waals surface area contributed by atoms with Gasteiger partial charge in [0, 0.05) is 18.2 Å². The molecule has 0 fully saturated rings. The number of ether oxygens (including phenoxy) is 2. The van der Waals surface area contributed by atoms with Crippen LogP contribution < -0.4 is 14.8 Å². The lowest BCUT2D eigenvalue weighted by Crippen LogP contribution is -2.10. The van der Waals surface area contributed by atoms with E-state index >= 15 is 0 Å². The molecule has 0 unspecified atom stereocenters. The number of benzene rings is 1. The van der Waals surface area contributed by atoms with Crippen molar-refractivity contribution in [3.05, 3.63) is 23.8 Å². The Hall–Kier alpha value is -1.73. The van der Waals surface area contributed by atoms with Crippen LogP contribution in [0.4, 0.5) is 0 Å². The molecular formula is C17H26N2O2. The maximum Gasteiger partial charge on any atom is 0.127 e. The van der Waals surface area contributed by atoms with Crippen molar-refractivity contribution in [3.8, 4) is 17.6 Å². The van der Waals surface area contributed by atoms with Crippen molar-refractivity contribution in [2.75, 3.05) is 20.8 Å². The minimum Gasteiger partial charge on any atom is -0.497 e. The van der Waals surface area contributed by atoms with Crippen molar-refractivity contribution in [1.29, 1.82) is 5.26 Å². The van der Waals surface area contributed by atoms with Crippen LogP contribution in [0.25, 0.3) is 0 Å². The van der Waals surface area contributed by atoms with Gasteiger partial charge >= 0.3 is 0 Å². The van der Waals surface area contributed by atoms with Crippen molar-refractivity contribution >= 4 is 0 Å². The van der Waals surface area contributed by atoms with Crippen molar-refractivity contribution < 1.29 is 9.47 Å². The Balaban J connectivity index is 2.48. The Morgan fingerprint density at radius 3 is 2.67 bits per heavy atom. The summed E-state index contributed by atoms with van der Waals surface area (Å²) in [5.41, 5.74) is 0.878. The van der Waals surface area contributed by atoms with Crippen LogP contribution in [0.15, 0.2) is 18.2 Å². The van der Waals surface area contributed by atoms with Crippen LogP contribution in [0.1, 0.15) is 38.7 Å². The van der Waals surface area contributed by atoms with Crippen molar-refractivity contribution in [2.24, 2.45) is 5.41 Å². The van der Waals surface area contributed by atoms with Crippen LogP contribution in [-0.2, 0) is 6.54 Å². The van der Waals surface area contributed by atoms with E-state index in [2.05, 4.69) is 11.4 Å². The summed E-state index contributed by atoms with van der Waals surface area (Å²) in [7, 11) is 3.57. The fourth-order valence-corrected chi connectivity index (χ4v) is 2.04. The Morgan fingerprint density at radius 1 is 1.29 bits per heavy atom. The van der Waals surface area contributed by atoms with Gasteiger partial charge in [0.25, 0.3) is 0 Å². The summed E-state index contributed by atoms with van der Waals surface area (Å²) in [5.74, 6) is 1.67. The van der Waals surface area contributed by atoms with Crippen molar-refractivity contribution in [3.63, 3.8) is 0 Å². The molecule has 0 saturated carbocycles. The van der Waals surface area contributed by atoms with Gasteiger partial charge in [0.15, 0.2) is 0 Å². The molecule has 0 saturated heterocycles. The molecule has 21 heavy (non-hydrogen) atoms. The third-order valence-corrected chi connectivity index (χ3v) is 3.40. The zero-order valence-electron chi connectivity index (χ0n) is 13.5. The van der Waals surface area contributed by atoms with Gasteiger partial charge in [-0.05, 0) is 46.2 Å². The van der Waals surface area contributed by atoms with E-state index in [1.54, 1.807) is 7.11 Å². The van der Waals surface area contributed by atoms with E-state index in [0.29, 0.717) is 6.61 Å². The molecule has 4 heteroatoms. The molecule has 1 aromatic carbocycles. The quantitative estimate of drug-likeness (QED) is 0.707. The second kappa shape index (κ2) is 8.53. The first kappa shape index (κ1) is 17.3. The van der Waals surface area contributed by atoms with Crippen LogP contribution in [0, 0.1) is 16.7 Å². The zero-order valence-corrected chi connectivity index (χ0v) is 13.5. The monoisotopic (exact) mass is 290 g/mol. The molecule has 0 radical (unpaired) electrons. The molecule has 0 heterocycles. The van der Waals surface area contributed by atoms with Gasteiger partial charge in [-0.1, -0.05) is 6.07 Å². The highest BCUT2D eigenvalue weighted by Crippen LogP contribution is 2.26. The number of nitrogens with zero attached hydrogens (tertiary/aromatic N) is 1. The van der Waals surface area contributed by atoms with E-state index in [1.165, 1.54) is 0 Å². The second-order valence-corrected chi connectivity index (χ2v) is 5.81. The van der Waals surface area contributed by atoms with E-state index in [9.17, 15) is 0 Å². The highest BCUT2D eigenvalue weighted by molar-refractivity contribution is 5.40. The summed E-state index contributed by atoms with van der Waals surface area (Å²) in [5, 5.41) is 12.1. The molecule has 0 aromatic heterocycles. The molecule has 0 spiro atoms. The molecule has 4 nitrogen and oxygen atoms in total. The average molecular weight is 290 g/mol. The third kappa shape index (κ3) is 6.05. The van der Waals surface area contributed by atoms with Crippen LogP contribution in [0.3, 0.4) is 0 Å². The molecule has 1 N–H and O–H groups in total. The Bertz CT molecular complexity index is 478. The van der Waals surface area contributed by atoms with Gasteiger partial charge in [-0.15, -0.1) is 0 Å². The molecule has 0 aliphatic carbocycles. The van der Waals surface area contributed by atoms with E-state index in [1.807, 2.05) is 39.1 Å². The highest BCUT2D eigenvalue weighted by Gasteiger charge is 2.15. The van der Waals surface area contributed by atoms with Crippen LogP contribution >= 0.6 is 0 Å². The van der Waals surface area contributed by atoms with Gasteiger partial charge in [0.2, 0.25) is 0 Å². The van der Waals surface area contributed by atoms with Gasteiger partial charge in [-0.2, -0.15) is 5.26 Å². The van der Waals surface area contributed by atoms with Gasteiger partial charge in [0.1, 0.15) is 11.5 Å². The first-order chi connectivity index (χ1) is 10.0. The Morgan fingerprint density at radius 2 is 2.05 bits per heavy atom. The van der Waals surface area contributed by atoms with Gasteiger partial charge in [-0.25, -0.2) is 0 Å². The molecule has 1 aromatic rings. The number of methoxy groups -OCH3 is 1. The van der Waals surface area contributed by atoms with Crippen LogP contribution in [-0.4, -0.2) is 20.8 Å². The van der Waals surface area contributed by atoms with E-state index in [4.69, 9.17) is 14.7 Å². The second-order valence-electron chi connectivity index (χ2n) is 5.81. The lowest BCUT2D eigenvalue weighted by atomic mass is 9.89. The summed E-state index contributed by atoms with van der Waals surface area (Å²) < 4.78 is 11.1. The third-order valence-electron chi connectivity index (χ3n) is 3.40. The first-order valence-electron chi connectivity index (χ1n) is 7.38. The van der Waals surface area contributed by atoms with Gasteiger partial charge in [-0.3, -0.25) is 0 Å². The lowest BCUT2D eigenvalue weighted by Gasteiger charge is -2.15. The Labute approximate surface area is 128 Å². The number of unbranched alkanes of at least 4 members (excludes halogenated alkanes) is 1. The maximum atomic E-state index is 8.98. The molecule has 0 amide bonds. The minimum absolute atomic E-state index is 0.243. The number of nitrogens with one attached hydrogen (secondary N) is 1. The zero-order chi connectivity index (χ0) is 15.7. The standard InChI is InChI=1S/C17H26N2O2/c1-17(2,13-18)9-5-6-10-21-16-11-15(20-4)8-7-14(16)12-19-3/h7-8,11,19H,5-6,9-10,12H2,1-4H3. The molecular weight excluding hydrogens is 264 g/mol. The predicted molar refractivity (Wildman–Crippen MR) is 84.5 cm³/mol. The number of rotatable bonds is 9. The highest BCUT2D eigenvalue weighted by atomic mass is 16.5. The summed E-state index contributed by atoms with van der Waals surface area (Å²) in [6, 6.07) is 8.20. The normalized spacial score (nSPS) is 11.0. The summed E-state index contributed by atoms with van der Waals surface area (Å²) in [6.45, 7) is 5.37. The molecule has 0 atom stereocenters. The molecule has 0 bridgehead atoms. The summed E-state index contributed by atoms with van der Waals surface area (Å²) in [4.78, 5) is 0. The summed E-state index contributed by atoms with van der Waals surface area (Å²) in [6.07, 6.45) is 2.83. The van der Waals surface area contributed by atoms with E-state index < -0.39 is 0 Å². The van der Waals surface area contributed by atoms with Crippen molar-refractivity contribution in [2.45, 2.75) is 39.7 Å². The maximum absolute atomic E-state index is 8.98. The number of hydrogen-bond donors (Lipinski definition) is 1. The molecule has 0 aliphatic heterocycles. The van der Waals surface area contributed by atoms with Crippen molar-refractivity contribution in [1.82, 2.24) is 5.32 Å². The average Bonchev–Trinajstić information content (AvgIpc) is 2.48. The predicted octanol–water partition coefficient (Wildman–Crippen LogP) is 3.51. The molecule has 116 valence electrons. The van der Waals surface area contributed by atoms with Crippen LogP contribution in [0.5, 0.6) is 11.5 Å². The van der Waals surface area contributed by atoms with Gasteiger partial charge < -0.3 is 14.8 Å². The van der Waals surface area contributed by atoms with Crippen LogP contribution in [0.2, 0.25) is 0 Å². The topological polar surface area (TPSA) is 54.3 Å². The largest absolute Gasteiger partial charge is 0.497 e. The van der Waals surface area contributed by atoms with E-state index in [-0.39, 0.29) is 5.41 Å². The molecule has 0 aliphatic rings. The molecule has 1 rings (SSSR count). The number of hydrogen-bond acceptors (Lipinski definition) is 4. The fraction of sp³-hybridized carbons (Fsp3) is 0.588. The fourth-order valence-electron chi connectivity index (χ4n) is 2.04. The lowest BCUT2D eigenvalue weighted by molar-refractivity contribution is 0.290. The number of nitriles is 1. The van der Waals surface area contributed by atoms with E-state index in [0.717, 1.165) is 42.9 Å². The minimum atomic E-state index is -0.243. The van der Waals surface area contributed by atoms with Gasteiger partial charge in [0.05, 0.1) is 25.2 Å². The Kier molecular flexibility index (Phi) is 7.04. The SMILES string of the molecule is CNCc1ccc(OC)cc1OCCCCC(C)(C)C#N. The first-order valence-corrected chi connectivity index (χ1v) is 7.38. The summed E-state index contributed by atoms with van der Waals surface area (Å²) >= 11 is 0. The smallest absolute Gasteiger partial charge is 0.127 e.